The molecule has 4 atom stereocenters. The van der Waals surface area contributed by atoms with Crippen LogP contribution in [0, 0.1) is 11.6 Å². The second kappa shape index (κ2) is 9.19. The van der Waals surface area contributed by atoms with E-state index in [1.54, 1.807) is 6.92 Å². The number of carbonyl (C=O) groups excluding carboxylic acids is 2. The lowest BCUT2D eigenvalue weighted by Gasteiger charge is -2.34. The van der Waals surface area contributed by atoms with E-state index < -0.39 is 41.7 Å². The van der Waals surface area contributed by atoms with Gasteiger partial charge in [-0.15, -0.1) is 0 Å². The van der Waals surface area contributed by atoms with Gasteiger partial charge in [0.05, 0.1) is 11.9 Å². The molecule has 11 heteroatoms. The molecule has 1 aliphatic rings. The summed E-state index contributed by atoms with van der Waals surface area (Å²) in [7, 11) is 0. The summed E-state index contributed by atoms with van der Waals surface area (Å²) < 4.78 is 7.30. The molecule has 3 N–H and O–H groups in total. The average molecular weight is 496 g/mol. The number of rotatable bonds is 6. The molecule has 0 aliphatic carbocycles. The van der Waals surface area contributed by atoms with Crippen LogP contribution in [0.1, 0.15) is 56.2 Å². The third-order valence-electron chi connectivity index (χ3n) is 6.12. The van der Waals surface area contributed by atoms with Crippen molar-refractivity contribution in [2.75, 3.05) is 0 Å². The van der Waals surface area contributed by atoms with Crippen LogP contribution in [0.5, 0.6) is 0 Å². The highest BCUT2D eigenvalue weighted by Crippen LogP contribution is 2.49. The number of aromatic amines is 1. The second-order valence-electron chi connectivity index (χ2n) is 8.27. The summed E-state index contributed by atoms with van der Waals surface area (Å²) in [4.78, 5) is 38.6. The monoisotopic (exact) mass is 496 g/mol. The topological polar surface area (TPSA) is 168 Å². The number of carbonyl (C=O) groups is 2. The summed E-state index contributed by atoms with van der Waals surface area (Å²) in [6.07, 6.45) is -3.42. The molecule has 1 unspecified atom stereocenters. The molecule has 0 amide bonds. The van der Waals surface area contributed by atoms with E-state index in [-0.39, 0.29) is 33.3 Å². The number of carboxylic acids is 2. The Morgan fingerprint density at radius 2 is 1.74 bits per heavy atom. The minimum absolute atomic E-state index is 0.112. The largest absolute Gasteiger partial charge is 0.545 e. The molecule has 2 heterocycles. The number of aryl methyl sites for hydroxylation is 1. The van der Waals surface area contributed by atoms with Gasteiger partial charge in [-0.1, -0.05) is 60.7 Å². The second-order valence-corrected chi connectivity index (χ2v) is 8.68. The van der Waals surface area contributed by atoms with Crippen molar-refractivity contribution in [3.8, 4) is 0 Å². The molecule has 10 nitrogen and oxygen atoms in total. The number of hydrogen-bond acceptors (Lipinski definition) is 9. The summed E-state index contributed by atoms with van der Waals surface area (Å²) in [6, 6.07) is 11.0. The van der Waals surface area contributed by atoms with Crippen LogP contribution in [0.15, 0.2) is 59.5 Å². The van der Waals surface area contributed by atoms with Gasteiger partial charge in [0, 0.05) is 29.3 Å². The molecular formula is C24H20N2O8S-2. The van der Waals surface area contributed by atoms with Crippen molar-refractivity contribution in [1.29, 1.82) is 0 Å². The molecule has 1 saturated heterocycles. The number of aliphatic hydroxyl groups is 2. The van der Waals surface area contributed by atoms with Crippen LogP contribution >= 0.6 is 12.2 Å². The number of aromatic nitrogens is 2. The van der Waals surface area contributed by atoms with E-state index in [9.17, 15) is 34.8 Å². The van der Waals surface area contributed by atoms with Crippen LogP contribution in [0.3, 0.4) is 0 Å². The number of carboxylic acid groups (broad SMARTS) is 2. The molecule has 4 rings (SSSR count). The predicted molar refractivity (Wildman–Crippen MR) is 120 cm³/mol. The molecule has 35 heavy (non-hydrogen) atoms. The molecule has 0 radical (unpaired) electrons. The Balaban J connectivity index is 1.90. The van der Waals surface area contributed by atoms with E-state index in [2.05, 4.69) is 4.98 Å². The Labute approximate surface area is 203 Å². The van der Waals surface area contributed by atoms with Gasteiger partial charge in [0.2, 0.25) is 0 Å². The van der Waals surface area contributed by atoms with E-state index in [1.807, 2.05) is 0 Å². The Hall–Kier alpha value is -3.64. The van der Waals surface area contributed by atoms with Crippen molar-refractivity contribution in [2.45, 2.75) is 37.4 Å². The first-order valence-electron chi connectivity index (χ1n) is 10.5. The molecule has 0 saturated carbocycles. The van der Waals surface area contributed by atoms with Crippen LogP contribution in [-0.4, -0.2) is 37.8 Å². The Bertz CT molecular complexity index is 1430. The van der Waals surface area contributed by atoms with Crippen molar-refractivity contribution >= 4 is 24.2 Å². The molecule has 1 aromatic heterocycles. The van der Waals surface area contributed by atoms with Gasteiger partial charge in [0.1, 0.15) is 28.7 Å². The Morgan fingerprint density at radius 1 is 1.14 bits per heavy atom. The normalized spacial score (nSPS) is 22.6. The van der Waals surface area contributed by atoms with Gasteiger partial charge in [-0.2, -0.15) is 0 Å². The number of hydrogen-bond donors (Lipinski definition) is 3. The van der Waals surface area contributed by atoms with E-state index in [0.717, 1.165) is 4.57 Å². The number of nitrogens with one attached hydrogen (secondary N) is 1. The molecule has 0 spiro atoms. The first kappa shape index (κ1) is 24.5. The van der Waals surface area contributed by atoms with Crippen molar-refractivity contribution in [1.82, 2.24) is 9.55 Å². The lowest BCUT2D eigenvalue weighted by molar-refractivity contribution is -0.256. The molecular weight excluding hydrogens is 476 g/mol. The zero-order valence-electron chi connectivity index (χ0n) is 18.3. The Morgan fingerprint density at radius 3 is 2.40 bits per heavy atom. The standard InChI is InChI=1S/C24H22N2O8S/c1-12-11-26(23(32)25-20(12)35)17-10-24(33,16-9-5-4-8-15(16)22(30)31)19(34-17)18(27)13-6-2-3-7-14(13)21(28)29/h2-9,11,17-19,27,33H,10H2,1H3,(H,28,29)(H,30,31)(H,25,32,35)/p-2/t17-,18?,19-,24-/m1/s1. The molecule has 182 valence electrons. The van der Waals surface area contributed by atoms with Gasteiger partial charge in [-0.3, -0.25) is 9.55 Å². The quantitative estimate of drug-likeness (QED) is 0.393. The first-order chi connectivity index (χ1) is 16.5. The van der Waals surface area contributed by atoms with Crippen molar-refractivity contribution in [3.63, 3.8) is 0 Å². The third-order valence-corrected chi connectivity index (χ3v) is 6.54. The highest BCUT2D eigenvalue weighted by atomic mass is 32.1. The van der Waals surface area contributed by atoms with Gasteiger partial charge >= 0.3 is 5.69 Å². The number of H-pyrrole nitrogens is 1. The molecule has 2 aromatic carbocycles. The van der Waals surface area contributed by atoms with E-state index in [4.69, 9.17) is 17.0 Å². The van der Waals surface area contributed by atoms with Crippen LogP contribution in [-0.2, 0) is 10.3 Å². The highest BCUT2D eigenvalue weighted by molar-refractivity contribution is 7.71. The maximum Gasteiger partial charge on any atom is 0.328 e. The van der Waals surface area contributed by atoms with Gasteiger partial charge in [0.25, 0.3) is 0 Å². The van der Waals surface area contributed by atoms with Crippen molar-refractivity contribution < 1.29 is 34.8 Å². The number of nitrogens with zero attached hydrogens (tertiary/aromatic N) is 1. The lowest BCUT2D eigenvalue weighted by Crippen LogP contribution is -2.42. The molecule has 1 aliphatic heterocycles. The Kier molecular flexibility index (Phi) is 6.43. The maximum atomic E-state index is 12.6. The molecule has 1 fully saturated rings. The van der Waals surface area contributed by atoms with E-state index >= 15 is 0 Å². The number of aliphatic hydroxyl groups excluding tert-OH is 1. The smallest absolute Gasteiger partial charge is 0.328 e. The zero-order valence-corrected chi connectivity index (χ0v) is 19.2. The summed E-state index contributed by atoms with van der Waals surface area (Å²) in [5.74, 6) is -3.13. The number of ether oxygens (including phenoxy) is 1. The minimum Gasteiger partial charge on any atom is -0.545 e. The fourth-order valence-corrected chi connectivity index (χ4v) is 4.56. The molecule has 0 bridgehead atoms. The molecule has 3 aromatic rings. The van der Waals surface area contributed by atoms with Gasteiger partial charge in [0.15, 0.2) is 0 Å². The van der Waals surface area contributed by atoms with Gasteiger partial charge < -0.3 is 34.8 Å². The van der Waals surface area contributed by atoms with Crippen LogP contribution in [0.2, 0.25) is 0 Å². The van der Waals surface area contributed by atoms with Crippen molar-refractivity contribution in [2.24, 2.45) is 0 Å². The fraction of sp³-hybridized carbons (Fsp3) is 0.250. The highest BCUT2D eigenvalue weighted by Gasteiger charge is 2.54. The summed E-state index contributed by atoms with van der Waals surface area (Å²) in [5, 5.41) is 46.6. The fourth-order valence-electron chi connectivity index (χ4n) is 4.42. The SMILES string of the molecule is Cc1cn([C@H]2C[C@@](O)(c3ccccc3C(=O)[O-])[C@@H](C(O)c3ccccc3C(=O)[O-])O2)c(=O)[nH]c1=S. The summed E-state index contributed by atoms with van der Waals surface area (Å²) in [6.45, 7) is 1.66. The number of benzene rings is 2. The summed E-state index contributed by atoms with van der Waals surface area (Å²) >= 11 is 5.08. The maximum absolute atomic E-state index is 12.6. The average Bonchev–Trinajstić information content (AvgIpc) is 3.19. The van der Waals surface area contributed by atoms with Crippen LogP contribution < -0.4 is 15.9 Å². The van der Waals surface area contributed by atoms with Gasteiger partial charge in [-0.05, 0) is 18.1 Å². The number of aromatic carboxylic acids is 2. The third kappa shape index (κ3) is 4.30. The van der Waals surface area contributed by atoms with E-state index in [1.165, 1.54) is 54.7 Å². The predicted octanol–water partition coefficient (Wildman–Crippen LogP) is -0.150. The van der Waals surface area contributed by atoms with Crippen LogP contribution in [0.4, 0.5) is 0 Å². The van der Waals surface area contributed by atoms with Crippen LogP contribution in [0.25, 0.3) is 0 Å². The van der Waals surface area contributed by atoms with Gasteiger partial charge in [-0.25, -0.2) is 4.79 Å². The lowest BCUT2D eigenvalue weighted by atomic mass is 9.80. The summed E-state index contributed by atoms with van der Waals surface area (Å²) in [5.41, 5.74) is -3.19. The van der Waals surface area contributed by atoms with Crippen molar-refractivity contribution in [3.05, 3.63) is 97.7 Å². The zero-order chi connectivity index (χ0) is 25.5. The minimum atomic E-state index is -2.17. The van der Waals surface area contributed by atoms with E-state index in [0.29, 0.717) is 5.56 Å². The first-order valence-corrected chi connectivity index (χ1v) is 10.9.